The maximum absolute atomic E-state index is 12.3. The van der Waals surface area contributed by atoms with Crippen molar-refractivity contribution in [3.8, 4) is 0 Å². The van der Waals surface area contributed by atoms with Crippen LogP contribution in [-0.2, 0) is 66.5 Å². The Morgan fingerprint density at radius 3 is 2.00 bits per heavy atom. The molecule has 0 bridgehead atoms. The van der Waals surface area contributed by atoms with Gasteiger partial charge in [0.2, 0.25) is 0 Å². The van der Waals surface area contributed by atoms with Crippen molar-refractivity contribution in [3.63, 3.8) is 0 Å². The molecule has 43 heavy (non-hydrogen) atoms. The summed E-state index contributed by atoms with van der Waals surface area (Å²) in [5.74, 6) is -3.29. The van der Waals surface area contributed by atoms with E-state index in [2.05, 4.69) is 0 Å². The van der Waals surface area contributed by atoms with Crippen molar-refractivity contribution in [2.45, 2.75) is 96.2 Å². The van der Waals surface area contributed by atoms with Crippen molar-refractivity contribution in [2.24, 2.45) is 5.92 Å². The number of hydrogen-bond acceptors (Lipinski definition) is 14. The SMILES string of the molecule is CO[C@H]1O[C@@H]2COC(c3ccccc3)O[C@H]2[C@@H](O[C@@H]2O[C@H](COC(C)=O)[C@@H](OC(C)=O)[C@H](OC(C)=O)[C@H]2OC(C)=O)[C@@H]1C. The fourth-order valence-electron chi connectivity index (χ4n) is 5.41. The van der Waals surface area contributed by atoms with Gasteiger partial charge < -0.3 is 47.4 Å². The fourth-order valence-corrected chi connectivity index (χ4v) is 5.41. The molecule has 4 rings (SSSR count). The van der Waals surface area contributed by atoms with E-state index in [1.54, 1.807) is 0 Å². The highest BCUT2D eigenvalue weighted by Gasteiger charge is 2.56. The number of fused-ring (bicyclic) bond motifs is 1. The number of carbonyl (C=O) groups is 4. The van der Waals surface area contributed by atoms with Gasteiger partial charge in [0.15, 0.2) is 37.2 Å². The maximum Gasteiger partial charge on any atom is 0.303 e. The van der Waals surface area contributed by atoms with Crippen molar-refractivity contribution in [3.05, 3.63) is 35.9 Å². The van der Waals surface area contributed by atoms with Gasteiger partial charge in [-0.15, -0.1) is 0 Å². The van der Waals surface area contributed by atoms with Crippen molar-refractivity contribution in [1.82, 2.24) is 0 Å². The zero-order valence-corrected chi connectivity index (χ0v) is 24.9. The lowest BCUT2D eigenvalue weighted by Gasteiger charge is -2.50. The Balaban J connectivity index is 1.69. The molecule has 0 radical (unpaired) electrons. The zero-order valence-electron chi connectivity index (χ0n) is 24.9. The van der Waals surface area contributed by atoms with Crippen molar-refractivity contribution in [2.75, 3.05) is 20.3 Å². The van der Waals surface area contributed by atoms with Gasteiger partial charge in [0.25, 0.3) is 0 Å². The van der Waals surface area contributed by atoms with Crippen LogP contribution in [0.2, 0.25) is 0 Å². The summed E-state index contributed by atoms with van der Waals surface area (Å²) in [6.45, 7) is 6.27. The molecule has 0 amide bonds. The van der Waals surface area contributed by atoms with Gasteiger partial charge in [-0.05, 0) is 0 Å². The lowest BCUT2D eigenvalue weighted by molar-refractivity contribution is -0.383. The van der Waals surface area contributed by atoms with Crippen LogP contribution in [0.1, 0.15) is 46.5 Å². The molecule has 0 aromatic heterocycles. The first kappa shape index (κ1) is 32.8. The molecule has 1 unspecified atom stereocenters. The van der Waals surface area contributed by atoms with E-state index >= 15 is 0 Å². The molecule has 3 saturated heterocycles. The molecule has 0 spiro atoms. The average Bonchev–Trinajstić information content (AvgIpc) is 2.95. The Morgan fingerprint density at radius 1 is 0.767 bits per heavy atom. The second kappa shape index (κ2) is 14.6. The van der Waals surface area contributed by atoms with E-state index < -0.39 is 91.4 Å². The molecule has 0 aliphatic carbocycles. The average molecular weight is 611 g/mol. The molecule has 3 fully saturated rings. The van der Waals surface area contributed by atoms with Gasteiger partial charge >= 0.3 is 23.9 Å². The van der Waals surface area contributed by atoms with E-state index in [1.165, 1.54) is 14.0 Å². The van der Waals surface area contributed by atoms with E-state index in [4.69, 9.17) is 47.4 Å². The Labute approximate surface area is 249 Å². The minimum atomic E-state index is -1.40. The number of carbonyl (C=O) groups excluding carboxylic acids is 4. The lowest BCUT2D eigenvalue weighted by atomic mass is 9.90. The Morgan fingerprint density at radius 2 is 1.40 bits per heavy atom. The second-order valence-corrected chi connectivity index (χ2v) is 10.5. The standard InChI is InChI=1S/C29H38O14/c1-14-22(23-21(40-27(14)34-6)13-36-28(43-23)19-10-8-7-9-11-19)42-29-26(39-18(5)33)25(38-17(4)32)24(37-16(3)31)20(41-29)12-35-15(2)30/h7-11,14,20-29H,12-13H2,1-6H3/t14-,20+,21+,22-,23+,24+,25-,26+,27-,28?,29-/m0/s1. The zero-order chi connectivity index (χ0) is 31.3. The van der Waals surface area contributed by atoms with Crippen molar-refractivity contribution in [1.29, 1.82) is 0 Å². The molecule has 11 atom stereocenters. The fraction of sp³-hybridized carbons (Fsp3) is 0.655. The van der Waals surface area contributed by atoms with Crippen molar-refractivity contribution >= 4 is 23.9 Å². The maximum atomic E-state index is 12.3. The van der Waals surface area contributed by atoms with Crippen LogP contribution in [-0.4, -0.2) is 99.5 Å². The summed E-state index contributed by atoms with van der Waals surface area (Å²) in [6.07, 6.45) is -10.2. The molecule has 238 valence electrons. The lowest BCUT2D eigenvalue weighted by Crippen LogP contribution is -2.66. The summed E-state index contributed by atoms with van der Waals surface area (Å²) in [4.78, 5) is 48.2. The number of methoxy groups -OCH3 is 1. The highest BCUT2D eigenvalue weighted by atomic mass is 16.8. The summed E-state index contributed by atoms with van der Waals surface area (Å²) >= 11 is 0. The quantitative estimate of drug-likeness (QED) is 0.293. The van der Waals surface area contributed by atoms with Crippen LogP contribution >= 0.6 is 0 Å². The van der Waals surface area contributed by atoms with Gasteiger partial charge in [-0.1, -0.05) is 37.3 Å². The van der Waals surface area contributed by atoms with Gasteiger partial charge in [0, 0.05) is 46.3 Å². The first-order chi connectivity index (χ1) is 20.5. The highest BCUT2D eigenvalue weighted by Crippen LogP contribution is 2.40. The first-order valence-electron chi connectivity index (χ1n) is 13.9. The van der Waals surface area contributed by atoms with Crippen LogP contribution in [0.5, 0.6) is 0 Å². The second-order valence-electron chi connectivity index (χ2n) is 10.5. The third-order valence-electron chi connectivity index (χ3n) is 7.18. The van der Waals surface area contributed by atoms with Crippen LogP contribution in [0.25, 0.3) is 0 Å². The minimum Gasteiger partial charge on any atom is -0.463 e. The number of esters is 4. The molecule has 1 aromatic rings. The van der Waals surface area contributed by atoms with Gasteiger partial charge in [0.1, 0.15) is 24.9 Å². The predicted octanol–water partition coefficient (Wildman–Crippen LogP) is 1.58. The van der Waals surface area contributed by atoms with Gasteiger partial charge in [0.05, 0.1) is 12.7 Å². The number of hydrogen-bond donors (Lipinski definition) is 0. The summed E-state index contributed by atoms with van der Waals surface area (Å²) < 4.78 is 58.4. The Kier molecular flexibility index (Phi) is 11.1. The third kappa shape index (κ3) is 8.08. The normalized spacial score (nSPS) is 35.6. The molecule has 0 saturated carbocycles. The monoisotopic (exact) mass is 610 g/mol. The summed E-state index contributed by atoms with van der Waals surface area (Å²) in [6, 6.07) is 9.33. The molecule has 14 heteroatoms. The molecule has 0 N–H and O–H groups in total. The predicted molar refractivity (Wildman–Crippen MR) is 142 cm³/mol. The molecule has 3 aliphatic heterocycles. The van der Waals surface area contributed by atoms with E-state index in [0.717, 1.165) is 26.3 Å². The molecule has 3 heterocycles. The molecule has 1 aromatic carbocycles. The van der Waals surface area contributed by atoms with E-state index in [9.17, 15) is 19.2 Å². The topological polar surface area (TPSA) is 161 Å². The van der Waals surface area contributed by atoms with Gasteiger partial charge in [-0.25, -0.2) is 0 Å². The largest absolute Gasteiger partial charge is 0.463 e. The number of benzene rings is 1. The number of ether oxygens (including phenoxy) is 10. The van der Waals surface area contributed by atoms with Crippen LogP contribution in [0, 0.1) is 5.92 Å². The summed E-state index contributed by atoms with van der Waals surface area (Å²) in [5, 5.41) is 0. The van der Waals surface area contributed by atoms with Crippen LogP contribution in [0.3, 0.4) is 0 Å². The molecule has 14 nitrogen and oxygen atoms in total. The van der Waals surface area contributed by atoms with Gasteiger partial charge in [-0.3, -0.25) is 19.2 Å². The van der Waals surface area contributed by atoms with Crippen LogP contribution in [0.4, 0.5) is 0 Å². The highest BCUT2D eigenvalue weighted by molar-refractivity contribution is 5.68. The first-order valence-corrected chi connectivity index (χ1v) is 13.9. The molecular weight excluding hydrogens is 572 g/mol. The Hall–Kier alpha value is -3.14. The number of rotatable bonds is 9. The van der Waals surface area contributed by atoms with Crippen LogP contribution < -0.4 is 0 Å². The molecule has 3 aliphatic rings. The summed E-state index contributed by atoms with van der Waals surface area (Å²) in [5.41, 5.74) is 0.786. The van der Waals surface area contributed by atoms with Gasteiger partial charge in [-0.2, -0.15) is 0 Å². The van der Waals surface area contributed by atoms with E-state index in [0.29, 0.717) is 0 Å². The molecular formula is C29H38O14. The van der Waals surface area contributed by atoms with Crippen LogP contribution in [0.15, 0.2) is 30.3 Å². The third-order valence-corrected chi connectivity index (χ3v) is 7.18. The van der Waals surface area contributed by atoms with E-state index in [-0.39, 0.29) is 13.2 Å². The van der Waals surface area contributed by atoms with Crippen molar-refractivity contribution < 1.29 is 66.5 Å². The van der Waals surface area contributed by atoms with E-state index in [1.807, 2.05) is 37.3 Å². The Bertz CT molecular complexity index is 1130. The minimum absolute atomic E-state index is 0.162. The smallest absolute Gasteiger partial charge is 0.303 e. The summed E-state index contributed by atoms with van der Waals surface area (Å²) in [7, 11) is 1.49.